The van der Waals surface area contributed by atoms with Crippen LogP contribution in [-0.2, 0) is 6.54 Å². The van der Waals surface area contributed by atoms with Crippen LogP contribution >= 0.6 is 0 Å². The number of rotatable bonds is 4. The number of hydrogen-bond acceptors (Lipinski definition) is 3. The summed E-state index contributed by atoms with van der Waals surface area (Å²) in [5.74, 6) is 0.660. The average molecular weight is 292 g/mol. The highest BCUT2D eigenvalue weighted by molar-refractivity contribution is 6.04. The fraction of sp³-hybridized carbons (Fsp3) is 0.118. The third kappa shape index (κ3) is 2.88. The third-order valence-electron chi connectivity index (χ3n) is 3.37. The van der Waals surface area contributed by atoms with Gasteiger partial charge in [-0.3, -0.25) is 4.79 Å². The van der Waals surface area contributed by atoms with Gasteiger partial charge in [-0.15, -0.1) is 10.2 Å². The molecule has 3 rings (SSSR count). The molecular weight excluding hydrogens is 276 g/mol. The lowest BCUT2D eigenvalue weighted by Gasteiger charge is -2.08. The standard InChI is InChI=1S/C17H16N4O/c1-2-21-12-18-20-16(21)14-9-6-10-15(11-14)19-17(22)13-7-4-3-5-8-13/h3-12H,2H2,1H3,(H,19,22). The predicted octanol–water partition coefficient (Wildman–Crippen LogP) is 3.22. The molecule has 3 aromatic rings. The summed E-state index contributed by atoms with van der Waals surface area (Å²) in [4.78, 5) is 12.2. The highest BCUT2D eigenvalue weighted by Crippen LogP contribution is 2.21. The van der Waals surface area contributed by atoms with E-state index in [-0.39, 0.29) is 5.91 Å². The molecule has 0 saturated heterocycles. The van der Waals surface area contributed by atoms with Crippen LogP contribution in [0.2, 0.25) is 0 Å². The minimum absolute atomic E-state index is 0.130. The molecule has 0 atom stereocenters. The molecule has 0 unspecified atom stereocenters. The molecule has 0 aliphatic carbocycles. The van der Waals surface area contributed by atoms with E-state index in [2.05, 4.69) is 15.5 Å². The molecule has 0 fully saturated rings. The van der Waals surface area contributed by atoms with Gasteiger partial charge in [0.1, 0.15) is 6.33 Å². The first-order valence-electron chi connectivity index (χ1n) is 7.12. The monoisotopic (exact) mass is 292 g/mol. The summed E-state index contributed by atoms with van der Waals surface area (Å²) in [7, 11) is 0. The third-order valence-corrected chi connectivity index (χ3v) is 3.37. The quantitative estimate of drug-likeness (QED) is 0.803. The lowest BCUT2D eigenvalue weighted by molar-refractivity contribution is 0.102. The molecule has 1 amide bonds. The summed E-state index contributed by atoms with van der Waals surface area (Å²) in [6.07, 6.45) is 1.70. The second kappa shape index (κ2) is 6.22. The number of anilines is 1. The number of amides is 1. The lowest BCUT2D eigenvalue weighted by Crippen LogP contribution is -2.11. The summed E-state index contributed by atoms with van der Waals surface area (Å²) >= 11 is 0. The number of carbonyl (C=O) groups excluding carboxylic acids is 1. The van der Waals surface area contributed by atoms with Crippen molar-refractivity contribution in [1.82, 2.24) is 14.8 Å². The van der Waals surface area contributed by atoms with E-state index in [9.17, 15) is 4.79 Å². The Morgan fingerprint density at radius 2 is 1.95 bits per heavy atom. The smallest absolute Gasteiger partial charge is 0.255 e. The molecule has 0 spiro atoms. The van der Waals surface area contributed by atoms with E-state index in [0.29, 0.717) is 5.56 Å². The van der Waals surface area contributed by atoms with Gasteiger partial charge in [-0.1, -0.05) is 30.3 Å². The summed E-state index contributed by atoms with van der Waals surface area (Å²) < 4.78 is 1.96. The zero-order valence-electron chi connectivity index (χ0n) is 12.2. The van der Waals surface area contributed by atoms with Gasteiger partial charge in [0.25, 0.3) is 5.91 Å². The Bertz CT molecular complexity index is 780. The van der Waals surface area contributed by atoms with Gasteiger partial charge in [0, 0.05) is 23.4 Å². The zero-order valence-corrected chi connectivity index (χ0v) is 12.2. The maximum atomic E-state index is 12.2. The van der Waals surface area contributed by atoms with Gasteiger partial charge in [0.15, 0.2) is 5.82 Å². The van der Waals surface area contributed by atoms with Crippen molar-refractivity contribution < 1.29 is 4.79 Å². The van der Waals surface area contributed by atoms with Crippen molar-refractivity contribution in [3.8, 4) is 11.4 Å². The van der Waals surface area contributed by atoms with Crippen LogP contribution in [0.5, 0.6) is 0 Å². The normalized spacial score (nSPS) is 10.4. The Hall–Kier alpha value is -2.95. The summed E-state index contributed by atoms with van der Waals surface area (Å²) in [6, 6.07) is 16.7. The number of nitrogens with zero attached hydrogens (tertiary/aromatic N) is 3. The molecule has 5 heteroatoms. The van der Waals surface area contributed by atoms with Gasteiger partial charge in [0.05, 0.1) is 0 Å². The fourth-order valence-corrected chi connectivity index (χ4v) is 2.24. The van der Waals surface area contributed by atoms with Crippen molar-refractivity contribution in [3.05, 3.63) is 66.5 Å². The number of benzene rings is 2. The first kappa shape index (κ1) is 14.0. The van der Waals surface area contributed by atoms with E-state index in [1.807, 2.05) is 54.0 Å². The van der Waals surface area contributed by atoms with Crippen LogP contribution in [-0.4, -0.2) is 20.7 Å². The largest absolute Gasteiger partial charge is 0.322 e. The van der Waals surface area contributed by atoms with Crippen LogP contribution in [0.3, 0.4) is 0 Å². The number of hydrogen-bond donors (Lipinski definition) is 1. The Kier molecular flexibility index (Phi) is 3.96. The van der Waals surface area contributed by atoms with Crippen LogP contribution in [0.4, 0.5) is 5.69 Å². The molecule has 0 aliphatic heterocycles. The summed E-state index contributed by atoms with van der Waals surface area (Å²) in [5.41, 5.74) is 2.28. The zero-order chi connectivity index (χ0) is 15.4. The lowest BCUT2D eigenvalue weighted by atomic mass is 10.1. The van der Waals surface area contributed by atoms with E-state index >= 15 is 0 Å². The molecule has 110 valence electrons. The van der Waals surface area contributed by atoms with Crippen molar-refractivity contribution in [3.63, 3.8) is 0 Å². The molecule has 1 heterocycles. The number of aromatic nitrogens is 3. The molecular formula is C17H16N4O. The van der Waals surface area contributed by atoms with Gasteiger partial charge < -0.3 is 9.88 Å². The van der Waals surface area contributed by atoms with Crippen molar-refractivity contribution in [1.29, 1.82) is 0 Å². The number of nitrogens with one attached hydrogen (secondary N) is 1. The molecule has 0 aliphatic rings. The first-order chi connectivity index (χ1) is 10.8. The molecule has 1 N–H and O–H groups in total. The van der Waals surface area contributed by atoms with Gasteiger partial charge in [-0.25, -0.2) is 0 Å². The van der Waals surface area contributed by atoms with E-state index in [1.54, 1.807) is 18.5 Å². The minimum atomic E-state index is -0.130. The Morgan fingerprint density at radius 1 is 1.14 bits per heavy atom. The van der Waals surface area contributed by atoms with E-state index in [0.717, 1.165) is 23.6 Å². The molecule has 1 aromatic heterocycles. The molecule has 22 heavy (non-hydrogen) atoms. The maximum Gasteiger partial charge on any atom is 0.255 e. The fourth-order valence-electron chi connectivity index (χ4n) is 2.24. The maximum absolute atomic E-state index is 12.2. The van der Waals surface area contributed by atoms with Crippen molar-refractivity contribution >= 4 is 11.6 Å². The molecule has 5 nitrogen and oxygen atoms in total. The molecule has 0 radical (unpaired) electrons. The van der Waals surface area contributed by atoms with E-state index < -0.39 is 0 Å². The predicted molar refractivity (Wildman–Crippen MR) is 85.5 cm³/mol. The van der Waals surface area contributed by atoms with Crippen molar-refractivity contribution in [2.75, 3.05) is 5.32 Å². The Labute approximate surface area is 128 Å². The SMILES string of the molecule is CCn1cnnc1-c1cccc(NC(=O)c2ccccc2)c1. The second-order valence-electron chi connectivity index (χ2n) is 4.84. The molecule has 0 bridgehead atoms. The van der Waals surface area contributed by atoms with Gasteiger partial charge >= 0.3 is 0 Å². The van der Waals surface area contributed by atoms with Gasteiger partial charge in [-0.2, -0.15) is 0 Å². The van der Waals surface area contributed by atoms with Crippen molar-refractivity contribution in [2.24, 2.45) is 0 Å². The second-order valence-corrected chi connectivity index (χ2v) is 4.84. The number of aryl methyl sites for hydroxylation is 1. The summed E-state index contributed by atoms with van der Waals surface area (Å²) in [5, 5.41) is 11.0. The van der Waals surface area contributed by atoms with Gasteiger partial charge in [0.2, 0.25) is 0 Å². The topological polar surface area (TPSA) is 59.8 Å². The Balaban J connectivity index is 1.84. The average Bonchev–Trinajstić information content (AvgIpc) is 3.04. The van der Waals surface area contributed by atoms with Crippen LogP contribution in [0.1, 0.15) is 17.3 Å². The van der Waals surface area contributed by atoms with E-state index in [4.69, 9.17) is 0 Å². The Morgan fingerprint density at radius 3 is 2.73 bits per heavy atom. The van der Waals surface area contributed by atoms with Crippen LogP contribution < -0.4 is 5.32 Å². The summed E-state index contributed by atoms with van der Waals surface area (Å²) in [6.45, 7) is 2.83. The van der Waals surface area contributed by atoms with Gasteiger partial charge in [-0.05, 0) is 31.2 Å². The first-order valence-corrected chi connectivity index (χ1v) is 7.12. The minimum Gasteiger partial charge on any atom is -0.322 e. The highest BCUT2D eigenvalue weighted by atomic mass is 16.1. The number of carbonyl (C=O) groups is 1. The molecule has 0 saturated carbocycles. The highest BCUT2D eigenvalue weighted by Gasteiger charge is 2.09. The van der Waals surface area contributed by atoms with Crippen LogP contribution in [0.25, 0.3) is 11.4 Å². The van der Waals surface area contributed by atoms with E-state index in [1.165, 1.54) is 0 Å². The van der Waals surface area contributed by atoms with Crippen LogP contribution in [0, 0.1) is 0 Å². The van der Waals surface area contributed by atoms with Crippen molar-refractivity contribution in [2.45, 2.75) is 13.5 Å². The molecule has 2 aromatic carbocycles. The van der Waals surface area contributed by atoms with Crippen LogP contribution in [0.15, 0.2) is 60.9 Å².